The zero-order valence-electron chi connectivity index (χ0n) is 58.1. The van der Waals surface area contributed by atoms with Crippen LogP contribution in [0, 0.1) is 5.92 Å². The van der Waals surface area contributed by atoms with Gasteiger partial charge in [0.25, 0.3) is 0 Å². The van der Waals surface area contributed by atoms with Crippen molar-refractivity contribution in [1.82, 2.24) is 0 Å². The lowest BCUT2D eigenvalue weighted by atomic mass is 9.87. The molecule has 0 radical (unpaired) electrons. The average Bonchev–Trinajstić information content (AvgIpc) is 0.765. The maximum atomic E-state index is 14.9. The van der Waals surface area contributed by atoms with Gasteiger partial charge in [-0.25, -0.2) is 19.2 Å². The zero-order valence-corrected chi connectivity index (χ0v) is 58.1. The molecule has 4 fully saturated rings. The molecule has 0 spiro atoms. The molecule has 8 unspecified atom stereocenters. The monoisotopic (exact) mass is 1420 g/mol. The van der Waals surface area contributed by atoms with Crippen LogP contribution in [0.15, 0.2) is 223 Å². The van der Waals surface area contributed by atoms with Crippen LogP contribution in [0.3, 0.4) is 0 Å². The van der Waals surface area contributed by atoms with Crippen molar-refractivity contribution in [3.63, 3.8) is 0 Å². The molecule has 26 nitrogen and oxygen atoms in total. The van der Waals surface area contributed by atoms with Crippen molar-refractivity contribution < 1.29 is 95.0 Å². The van der Waals surface area contributed by atoms with Gasteiger partial charge in [-0.3, -0.25) is 0 Å². The third-order valence-electron chi connectivity index (χ3n) is 18.5. The highest BCUT2D eigenvalue weighted by Gasteiger charge is 2.59. The van der Waals surface area contributed by atoms with Crippen molar-refractivity contribution in [2.75, 3.05) is 20.8 Å². The SMILES string of the molecule is CCC1O[C@@H](O[C@@H]2C(C(=O)OC)O[C@H](C)C(OC(=O)c3ccccc3)[C@@H]2OCc2ccccc2)[C@@H](N=[N+]=[N-])C(C)[C@@H]1O[C@@H]1OC(C(=O)OC)[C@@H](O[C@H]2OC(COC(=O)c3ccccc3)[C@H](OCc3ccccc3)[C@@H](OCc3ccccc3)C2N=[N+]=[N-])[C@@H](OCc2ccccc2)C1OCc1ccccc1. The molecule has 4 heterocycles. The first-order chi connectivity index (χ1) is 50.9. The van der Waals surface area contributed by atoms with Gasteiger partial charge in [-0.15, -0.1) is 0 Å². The summed E-state index contributed by atoms with van der Waals surface area (Å²) in [5.41, 5.74) is 25.3. The average molecular weight is 1430 g/mol. The van der Waals surface area contributed by atoms with Gasteiger partial charge >= 0.3 is 23.9 Å². The van der Waals surface area contributed by atoms with Crippen LogP contribution >= 0.6 is 0 Å². The van der Waals surface area contributed by atoms with Gasteiger partial charge < -0.3 is 75.8 Å². The van der Waals surface area contributed by atoms with E-state index in [0.29, 0.717) is 11.1 Å². The number of hydrogen-bond acceptors (Lipinski definition) is 22. The summed E-state index contributed by atoms with van der Waals surface area (Å²) in [5.74, 6) is -4.07. The number of rotatable bonds is 31. The maximum absolute atomic E-state index is 14.9. The third-order valence-corrected chi connectivity index (χ3v) is 18.5. The van der Waals surface area contributed by atoms with E-state index in [0.717, 1.165) is 16.7 Å². The van der Waals surface area contributed by atoms with E-state index in [9.17, 15) is 30.2 Å². The first-order valence-corrected chi connectivity index (χ1v) is 34.4. The normalized spacial score (nSPS) is 28.8. The Hall–Kier alpha value is -9.44. The predicted molar refractivity (Wildman–Crippen MR) is 372 cm³/mol. The molecule has 0 saturated carbocycles. The van der Waals surface area contributed by atoms with Crippen LogP contribution in [0.1, 0.15) is 75.7 Å². The highest BCUT2D eigenvalue weighted by atomic mass is 16.8. The van der Waals surface area contributed by atoms with E-state index < -0.39 is 153 Å². The summed E-state index contributed by atoms with van der Waals surface area (Å²) < 4.78 is 106. The Morgan fingerprint density at radius 2 is 0.760 bits per heavy atom. The molecule has 0 aliphatic carbocycles. The smallest absolute Gasteiger partial charge is 0.338 e. The molecule has 7 aromatic rings. The predicted octanol–water partition coefficient (Wildman–Crippen LogP) is 11.9. The molecule has 20 atom stereocenters. The number of azide groups is 2. The van der Waals surface area contributed by atoms with Crippen molar-refractivity contribution in [3.05, 3.63) is 272 Å². The van der Waals surface area contributed by atoms with Gasteiger partial charge in [0.2, 0.25) is 0 Å². The van der Waals surface area contributed by atoms with Crippen LogP contribution in [0.2, 0.25) is 0 Å². The molecular formula is C78H84N6O20. The molecule has 0 aromatic heterocycles. The van der Waals surface area contributed by atoms with Gasteiger partial charge in [-0.05, 0) is 82.4 Å². The Bertz CT molecular complexity index is 3930. The number of methoxy groups -OCH3 is 2. The van der Waals surface area contributed by atoms with E-state index in [-0.39, 0.29) is 50.6 Å². The minimum Gasteiger partial charge on any atom is -0.467 e. The van der Waals surface area contributed by atoms with E-state index in [1.54, 1.807) is 74.5 Å². The van der Waals surface area contributed by atoms with Gasteiger partial charge in [0.1, 0.15) is 61.5 Å². The second-order valence-corrected chi connectivity index (χ2v) is 25.3. The van der Waals surface area contributed by atoms with E-state index >= 15 is 0 Å². The first-order valence-electron chi connectivity index (χ1n) is 34.4. The molecule has 7 aromatic carbocycles. The standard InChI is InChI=1S/C78H84N6O20/c1-6-57-61(48(2)59(81-83-79)76(98-57)102-67-65(93-44-52-32-18-9-19-33-52)62(49(3)97-69(67)74(87)89-4)100-73(86)56-40-26-13-27-41-56)101-78-71(95-46-54-36-22-11-23-37-54)66(94-45-53-34-20-10-21-35-53)68(70(104-78)75(88)90-5)103-77-60(82-84-80)64(92-43-51-30-16-8-17-31-51)63(91-42-50-28-14-7-15-29-50)58(99-77)47-96-72(85)55-38-24-12-25-39-55/h7-41,48-49,57-71,76-78H,6,42-47H2,1-5H3/t48?,49-,57?,58?,59+,60?,61+,62?,63+,64+,65+,66-,67+,68+,69?,70?,71?,76+,77-,78-/m1/s1. The third kappa shape index (κ3) is 19.3. The molecule has 4 aliphatic heterocycles. The van der Waals surface area contributed by atoms with Gasteiger partial charge in [-0.1, -0.05) is 212 Å². The highest BCUT2D eigenvalue weighted by molar-refractivity contribution is 5.90. The number of nitrogens with zero attached hydrogens (tertiary/aromatic N) is 6. The van der Waals surface area contributed by atoms with E-state index in [1.807, 2.05) is 159 Å². The quantitative estimate of drug-likeness (QED) is 0.0128. The number of benzene rings is 7. The number of carbonyl (C=O) groups excluding carboxylic acids is 4. The molecule has 26 heteroatoms. The minimum atomic E-state index is -1.78. The van der Waals surface area contributed by atoms with Crippen molar-refractivity contribution >= 4 is 23.9 Å². The maximum Gasteiger partial charge on any atom is 0.338 e. The van der Waals surface area contributed by atoms with Crippen molar-refractivity contribution in [2.45, 2.75) is 177 Å². The van der Waals surface area contributed by atoms with E-state index in [1.165, 1.54) is 14.2 Å². The van der Waals surface area contributed by atoms with Gasteiger partial charge in [0, 0.05) is 9.82 Å². The van der Waals surface area contributed by atoms with Gasteiger partial charge in [0.05, 0.1) is 82.7 Å². The molecule has 546 valence electrons. The van der Waals surface area contributed by atoms with E-state index in [2.05, 4.69) is 20.1 Å². The van der Waals surface area contributed by atoms with E-state index in [4.69, 9.17) is 75.8 Å². The zero-order chi connectivity index (χ0) is 72.7. The van der Waals surface area contributed by atoms with Crippen molar-refractivity contribution in [2.24, 2.45) is 16.1 Å². The van der Waals surface area contributed by atoms with Crippen LogP contribution in [0.4, 0.5) is 0 Å². The summed E-state index contributed by atoms with van der Waals surface area (Å²) in [6.07, 6.45) is -22.8. The van der Waals surface area contributed by atoms with Crippen molar-refractivity contribution in [3.8, 4) is 0 Å². The van der Waals surface area contributed by atoms with Crippen LogP contribution < -0.4 is 0 Å². The van der Waals surface area contributed by atoms with Crippen LogP contribution in [0.25, 0.3) is 20.9 Å². The summed E-state index contributed by atoms with van der Waals surface area (Å²) in [4.78, 5) is 63.4. The number of hydrogen-bond donors (Lipinski definition) is 0. The largest absolute Gasteiger partial charge is 0.467 e. The molecule has 104 heavy (non-hydrogen) atoms. The highest BCUT2D eigenvalue weighted by Crippen LogP contribution is 2.42. The topological polar surface area (TPSA) is 313 Å². The second kappa shape index (κ2) is 37.8. The van der Waals surface area contributed by atoms with Gasteiger partial charge in [-0.2, -0.15) is 0 Å². The molecule has 0 N–H and O–H groups in total. The number of esters is 4. The van der Waals surface area contributed by atoms with Crippen LogP contribution in [0.5, 0.6) is 0 Å². The summed E-state index contributed by atoms with van der Waals surface area (Å²) in [5, 5.41) is 8.59. The Morgan fingerprint density at radius 1 is 0.394 bits per heavy atom. The van der Waals surface area contributed by atoms with Crippen LogP contribution in [-0.4, -0.2) is 161 Å². The Morgan fingerprint density at radius 3 is 1.20 bits per heavy atom. The Kier molecular flexibility index (Phi) is 27.5. The minimum absolute atomic E-state index is 0.0144. The number of carbonyl (C=O) groups is 4. The lowest BCUT2D eigenvalue weighted by Gasteiger charge is -2.51. The Labute approximate surface area is 602 Å². The lowest BCUT2D eigenvalue weighted by Crippen LogP contribution is -2.67. The molecule has 4 saturated heterocycles. The summed E-state index contributed by atoms with van der Waals surface area (Å²) >= 11 is 0. The summed E-state index contributed by atoms with van der Waals surface area (Å²) in [7, 11) is 2.36. The number of ether oxygens (including phenoxy) is 16. The first kappa shape index (κ1) is 75.7. The second-order valence-electron chi connectivity index (χ2n) is 25.3. The fraction of sp³-hybridized carbons (Fsp3) is 0.410. The molecular weight excluding hydrogens is 1340 g/mol. The fourth-order valence-corrected chi connectivity index (χ4v) is 13.1. The molecule has 4 aliphatic rings. The fourth-order valence-electron chi connectivity index (χ4n) is 13.1. The lowest BCUT2D eigenvalue weighted by molar-refractivity contribution is -0.372. The molecule has 0 amide bonds. The summed E-state index contributed by atoms with van der Waals surface area (Å²) in [6.45, 7) is 4.53. The van der Waals surface area contributed by atoms with Crippen molar-refractivity contribution in [1.29, 1.82) is 0 Å². The molecule has 0 bridgehead atoms. The molecule has 11 rings (SSSR count). The Balaban J connectivity index is 0.960. The van der Waals surface area contributed by atoms with Crippen LogP contribution in [-0.2, 0) is 118 Å². The van der Waals surface area contributed by atoms with Gasteiger partial charge in [0.15, 0.2) is 37.2 Å². The summed E-state index contributed by atoms with van der Waals surface area (Å²) in [6, 6.07) is 60.3.